The molecule has 0 spiro atoms. The van der Waals surface area contributed by atoms with Crippen LogP contribution in [-0.2, 0) is 4.74 Å². The standard InChI is InChI=1S/C11H16FN3O5/c1-5-3-15(11(18)13-9(5)17)10-7(12)8(14(2)19)6(4-16)20-10/h3,6-8,10,16,19H,4H2,1-2H3,(H,13,17,18)/t6-,7+,8-,10-/m1/s1. The molecule has 0 amide bonds. The number of rotatable bonds is 3. The van der Waals surface area contributed by atoms with Gasteiger partial charge in [-0.1, -0.05) is 0 Å². The molecule has 1 aliphatic heterocycles. The summed E-state index contributed by atoms with van der Waals surface area (Å²) in [5, 5.41) is 19.2. The van der Waals surface area contributed by atoms with E-state index < -0.39 is 42.4 Å². The molecule has 0 unspecified atom stereocenters. The van der Waals surface area contributed by atoms with Crippen LogP contribution in [0.5, 0.6) is 0 Å². The van der Waals surface area contributed by atoms with E-state index in [9.17, 15) is 19.2 Å². The summed E-state index contributed by atoms with van der Waals surface area (Å²) in [7, 11) is 1.23. The van der Waals surface area contributed by atoms with E-state index in [1.54, 1.807) is 0 Å². The third-order valence-corrected chi connectivity index (χ3v) is 3.33. The zero-order chi connectivity index (χ0) is 15.0. The van der Waals surface area contributed by atoms with E-state index in [4.69, 9.17) is 9.84 Å². The van der Waals surface area contributed by atoms with E-state index >= 15 is 0 Å². The number of aromatic nitrogens is 2. The molecule has 4 atom stereocenters. The molecule has 112 valence electrons. The lowest BCUT2D eigenvalue weighted by Crippen LogP contribution is -2.44. The number of hydrogen-bond acceptors (Lipinski definition) is 6. The second kappa shape index (κ2) is 5.44. The maximum atomic E-state index is 14.3. The number of aryl methyl sites for hydroxylation is 1. The molecular formula is C11H16FN3O5. The van der Waals surface area contributed by atoms with Crippen LogP contribution in [0.3, 0.4) is 0 Å². The lowest BCUT2D eigenvalue weighted by atomic mass is 10.1. The highest BCUT2D eigenvalue weighted by Crippen LogP contribution is 2.32. The molecule has 1 saturated heterocycles. The summed E-state index contributed by atoms with van der Waals surface area (Å²) in [6.07, 6.45) is -2.86. The number of likely N-dealkylation sites (N-methyl/N-ethyl adjacent to an activating group) is 1. The van der Waals surface area contributed by atoms with Crippen LogP contribution in [-0.4, -0.2) is 56.9 Å². The van der Waals surface area contributed by atoms with Gasteiger partial charge in [0.1, 0.15) is 6.10 Å². The highest BCUT2D eigenvalue weighted by atomic mass is 19.1. The first-order valence-corrected chi connectivity index (χ1v) is 6.01. The van der Waals surface area contributed by atoms with Crippen molar-refractivity contribution in [2.24, 2.45) is 0 Å². The zero-order valence-corrected chi connectivity index (χ0v) is 11.0. The minimum atomic E-state index is -1.75. The molecule has 9 heteroatoms. The molecule has 20 heavy (non-hydrogen) atoms. The van der Waals surface area contributed by atoms with Gasteiger partial charge in [-0.25, -0.2) is 9.18 Å². The number of halogens is 1. The number of alkyl halides is 1. The van der Waals surface area contributed by atoms with E-state index in [0.29, 0.717) is 5.06 Å². The molecule has 2 rings (SSSR count). The van der Waals surface area contributed by atoms with Crippen LogP contribution in [0.4, 0.5) is 4.39 Å². The van der Waals surface area contributed by atoms with Gasteiger partial charge in [0.15, 0.2) is 12.4 Å². The summed E-state index contributed by atoms with van der Waals surface area (Å²) in [6.45, 7) is 0.958. The largest absolute Gasteiger partial charge is 0.394 e. The molecule has 2 heterocycles. The summed E-state index contributed by atoms with van der Waals surface area (Å²) >= 11 is 0. The van der Waals surface area contributed by atoms with Gasteiger partial charge in [-0.15, -0.1) is 0 Å². The molecular weight excluding hydrogens is 273 g/mol. The third-order valence-electron chi connectivity index (χ3n) is 3.33. The number of ether oxygens (including phenoxy) is 1. The zero-order valence-electron chi connectivity index (χ0n) is 11.0. The normalized spacial score (nSPS) is 30.1. The molecule has 0 aliphatic carbocycles. The number of hydrogen-bond donors (Lipinski definition) is 3. The Bertz CT molecular complexity index is 598. The Labute approximate surface area is 113 Å². The lowest BCUT2D eigenvalue weighted by molar-refractivity contribution is -0.134. The monoisotopic (exact) mass is 289 g/mol. The van der Waals surface area contributed by atoms with Crippen molar-refractivity contribution in [2.75, 3.05) is 13.7 Å². The van der Waals surface area contributed by atoms with Crippen molar-refractivity contribution in [3.63, 3.8) is 0 Å². The Morgan fingerprint density at radius 3 is 2.70 bits per heavy atom. The van der Waals surface area contributed by atoms with E-state index in [1.165, 1.54) is 20.2 Å². The number of H-pyrrole nitrogens is 1. The van der Waals surface area contributed by atoms with Crippen LogP contribution >= 0.6 is 0 Å². The molecule has 3 N–H and O–H groups in total. The second-order valence-electron chi connectivity index (χ2n) is 4.74. The Hall–Kier alpha value is -1.55. The van der Waals surface area contributed by atoms with E-state index in [1.807, 2.05) is 4.98 Å². The van der Waals surface area contributed by atoms with Gasteiger partial charge in [-0.2, -0.15) is 5.06 Å². The topological polar surface area (TPSA) is 108 Å². The first kappa shape index (κ1) is 14.9. The van der Waals surface area contributed by atoms with Crippen molar-refractivity contribution in [2.45, 2.75) is 31.5 Å². The van der Waals surface area contributed by atoms with Gasteiger partial charge in [0, 0.05) is 18.8 Å². The SMILES string of the molecule is Cc1cn([C@@H]2O[C@H](CO)[C@@H](N(C)O)[C@@H]2F)c(=O)[nH]c1=O. The van der Waals surface area contributed by atoms with Gasteiger partial charge in [-0.05, 0) is 6.92 Å². The molecule has 1 aromatic heterocycles. The number of nitrogens with zero attached hydrogens (tertiary/aromatic N) is 2. The number of hydroxylamine groups is 2. The molecule has 8 nitrogen and oxygen atoms in total. The fourth-order valence-corrected chi connectivity index (χ4v) is 2.30. The third kappa shape index (κ3) is 2.40. The first-order chi connectivity index (χ1) is 9.36. The molecule has 1 aromatic rings. The van der Waals surface area contributed by atoms with Crippen LogP contribution in [0.1, 0.15) is 11.8 Å². The number of aliphatic hydroxyl groups is 1. The quantitative estimate of drug-likeness (QED) is 0.601. The molecule has 1 fully saturated rings. The van der Waals surface area contributed by atoms with Gasteiger partial charge in [-0.3, -0.25) is 14.3 Å². The summed E-state index contributed by atoms with van der Waals surface area (Å²) in [6, 6.07) is -1.11. The van der Waals surface area contributed by atoms with Crippen molar-refractivity contribution < 1.29 is 19.4 Å². The van der Waals surface area contributed by atoms with E-state index in [-0.39, 0.29) is 5.56 Å². The first-order valence-electron chi connectivity index (χ1n) is 6.01. The molecule has 0 radical (unpaired) electrons. The smallest absolute Gasteiger partial charge is 0.330 e. The van der Waals surface area contributed by atoms with Crippen molar-refractivity contribution in [1.82, 2.24) is 14.6 Å². The number of aliphatic hydroxyl groups excluding tert-OH is 1. The summed E-state index contributed by atoms with van der Waals surface area (Å²) < 4.78 is 20.5. The van der Waals surface area contributed by atoms with Crippen LogP contribution in [0.25, 0.3) is 0 Å². The van der Waals surface area contributed by atoms with Crippen LogP contribution in [0, 0.1) is 6.92 Å². The van der Waals surface area contributed by atoms with Crippen molar-refractivity contribution in [1.29, 1.82) is 0 Å². The van der Waals surface area contributed by atoms with E-state index in [0.717, 1.165) is 4.57 Å². The van der Waals surface area contributed by atoms with Gasteiger partial charge in [0.25, 0.3) is 5.56 Å². The van der Waals surface area contributed by atoms with Crippen LogP contribution in [0.2, 0.25) is 0 Å². The maximum absolute atomic E-state index is 14.3. The van der Waals surface area contributed by atoms with Gasteiger partial charge < -0.3 is 15.1 Å². The Morgan fingerprint density at radius 2 is 2.20 bits per heavy atom. The molecule has 1 aliphatic rings. The summed E-state index contributed by atoms with van der Waals surface area (Å²) in [4.78, 5) is 25.1. The summed E-state index contributed by atoms with van der Waals surface area (Å²) in [5.41, 5.74) is -1.15. The van der Waals surface area contributed by atoms with Gasteiger partial charge in [0.2, 0.25) is 0 Å². The van der Waals surface area contributed by atoms with E-state index in [2.05, 4.69) is 0 Å². The average molecular weight is 289 g/mol. The Balaban J connectivity index is 2.42. The van der Waals surface area contributed by atoms with Gasteiger partial charge in [0.05, 0.1) is 12.6 Å². The van der Waals surface area contributed by atoms with Crippen molar-refractivity contribution in [3.8, 4) is 0 Å². The number of nitrogens with one attached hydrogen (secondary N) is 1. The average Bonchev–Trinajstić information content (AvgIpc) is 2.71. The predicted octanol–water partition coefficient (Wildman–Crippen LogP) is -1.24. The predicted molar refractivity (Wildman–Crippen MR) is 65.3 cm³/mol. The summed E-state index contributed by atoms with van der Waals surface area (Å²) in [5.74, 6) is 0. The highest BCUT2D eigenvalue weighted by molar-refractivity contribution is 5.03. The van der Waals surface area contributed by atoms with Crippen LogP contribution < -0.4 is 11.2 Å². The highest BCUT2D eigenvalue weighted by Gasteiger charge is 2.48. The lowest BCUT2D eigenvalue weighted by Gasteiger charge is -2.22. The maximum Gasteiger partial charge on any atom is 0.330 e. The molecule has 0 aromatic carbocycles. The van der Waals surface area contributed by atoms with Gasteiger partial charge >= 0.3 is 5.69 Å². The molecule has 0 saturated carbocycles. The minimum absolute atomic E-state index is 0.224. The van der Waals surface area contributed by atoms with Crippen molar-refractivity contribution in [3.05, 3.63) is 32.6 Å². The second-order valence-corrected chi connectivity index (χ2v) is 4.74. The van der Waals surface area contributed by atoms with Crippen LogP contribution in [0.15, 0.2) is 15.8 Å². The molecule has 0 bridgehead atoms. The minimum Gasteiger partial charge on any atom is -0.394 e. The number of aromatic amines is 1. The Kier molecular flexibility index (Phi) is 4.04. The fraction of sp³-hybridized carbons (Fsp3) is 0.636. The Morgan fingerprint density at radius 1 is 1.55 bits per heavy atom. The van der Waals surface area contributed by atoms with Crippen molar-refractivity contribution >= 4 is 0 Å². The fourth-order valence-electron chi connectivity index (χ4n) is 2.30.